The molecule has 1 aliphatic carbocycles. The van der Waals surface area contributed by atoms with Gasteiger partial charge in [0.25, 0.3) is 0 Å². The Bertz CT molecular complexity index is 233. The van der Waals surface area contributed by atoms with Gasteiger partial charge < -0.3 is 0 Å². The first kappa shape index (κ1) is 12.1. The maximum Gasteiger partial charge on any atom is 0.146 e. The molecule has 0 radical (unpaired) electrons. The van der Waals surface area contributed by atoms with E-state index in [1.165, 1.54) is 38.5 Å². The van der Waals surface area contributed by atoms with E-state index < -0.39 is 0 Å². The van der Waals surface area contributed by atoms with Crippen LogP contribution in [0.2, 0.25) is 0 Å². The lowest BCUT2D eigenvalue weighted by molar-refractivity contribution is -0.120. The first-order valence-electron chi connectivity index (χ1n) is 7.07. The van der Waals surface area contributed by atoms with Crippen molar-refractivity contribution in [3.63, 3.8) is 0 Å². The van der Waals surface area contributed by atoms with E-state index in [-0.39, 0.29) is 0 Å². The Morgan fingerprint density at radius 1 is 1.19 bits per heavy atom. The van der Waals surface area contributed by atoms with Gasteiger partial charge in [0.15, 0.2) is 0 Å². The number of likely N-dealkylation sites (tertiary alicyclic amines) is 1. The fraction of sp³-hybridized carbons (Fsp3) is 0.929. The Hall–Kier alpha value is -0.370. The third-order valence-electron chi connectivity index (χ3n) is 4.27. The van der Waals surface area contributed by atoms with Crippen molar-refractivity contribution < 1.29 is 4.79 Å². The third kappa shape index (κ3) is 2.85. The minimum Gasteiger partial charge on any atom is -0.298 e. The van der Waals surface area contributed by atoms with Gasteiger partial charge >= 0.3 is 0 Å². The minimum atomic E-state index is 0.451. The Morgan fingerprint density at radius 3 is 2.62 bits per heavy atom. The zero-order valence-electron chi connectivity index (χ0n) is 10.6. The summed E-state index contributed by atoms with van der Waals surface area (Å²) in [5.41, 5.74) is 0. The van der Waals surface area contributed by atoms with E-state index in [0.29, 0.717) is 5.78 Å². The van der Waals surface area contributed by atoms with E-state index in [1.54, 1.807) is 0 Å². The molecule has 2 heteroatoms. The Morgan fingerprint density at radius 2 is 1.94 bits per heavy atom. The molecule has 0 amide bonds. The van der Waals surface area contributed by atoms with Crippen molar-refractivity contribution in [3.05, 3.63) is 0 Å². The van der Waals surface area contributed by atoms with Gasteiger partial charge in [-0.15, -0.1) is 0 Å². The quantitative estimate of drug-likeness (QED) is 0.714. The number of carbonyl (C=O) groups excluding carboxylic acids is 1. The summed E-state index contributed by atoms with van der Waals surface area (Å²) >= 11 is 0. The normalized spacial score (nSPS) is 27.7. The van der Waals surface area contributed by atoms with Crippen molar-refractivity contribution in [1.29, 1.82) is 0 Å². The van der Waals surface area contributed by atoms with Crippen molar-refractivity contribution in [3.8, 4) is 0 Å². The van der Waals surface area contributed by atoms with E-state index in [0.717, 1.165) is 37.9 Å². The standard InChI is InChI=1S/C14H25NO/c1-2-6-13(16)11-15-10-5-9-14(15)12-7-3-4-8-12/h12,14H,2-11H2,1H3. The smallest absolute Gasteiger partial charge is 0.146 e. The molecule has 16 heavy (non-hydrogen) atoms. The maximum atomic E-state index is 11.7. The van der Waals surface area contributed by atoms with Crippen molar-refractivity contribution in [1.82, 2.24) is 4.90 Å². The minimum absolute atomic E-state index is 0.451. The molecule has 0 N–H and O–H groups in total. The molecule has 2 fully saturated rings. The maximum absolute atomic E-state index is 11.7. The molecule has 2 aliphatic rings. The lowest BCUT2D eigenvalue weighted by atomic mass is 9.96. The summed E-state index contributed by atoms with van der Waals surface area (Å²) in [6, 6.07) is 0.739. The van der Waals surface area contributed by atoms with Crippen LogP contribution in [-0.4, -0.2) is 29.8 Å². The molecular weight excluding hydrogens is 198 g/mol. The highest BCUT2D eigenvalue weighted by atomic mass is 16.1. The summed E-state index contributed by atoms with van der Waals surface area (Å²) in [7, 11) is 0. The molecule has 0 bridgehead atoms. The fourth-order valence-corrected chi connectivity index (χ4v) is 3.51. The Balaban J connectivity index is 1.85. The number of hydrogen-bond donors (Lipinski definition) is 0. The lowest BCUT2D eigenvalue weighted by Crippen LogP contribution is -2.38. The molecule has 92 valence electrons. The summed E-state index contributed by atoms with van der Waals surface area (Å²) < 4.78 is 0. The van der Waals surface area contributed by atoms with Gasteiger partial charge in [-0.2, -0.15) is 0 Å². The van der Waals surface area contributed by atoms with Crippen molar-refractivity contribution in [2.75, 3.05) is 13.1 Å². The van der Waals surface area contributed by atoms with Crippen LogP contribution in [0.15, 0.2) is 0 Å². The highest BCUT2D eigenvalue weighted by Gasteiger charge is 2.33. The van der Waals surface area contributed by atoms with Crippen LogP contribution in [-0.2, 0) is 4.79 Å². The van der Waals surface area contributed by atoms with Gasteiger partial charge in [0, 0.05) is 12.5 Å². The van der Waals surface area contributed by atoms with Crippen molar-refractivity contribution >= 4 is 5.78 Å². The van der Waals surface area contributed by atoms with Crippen LogP contribution < -0.4 is 0 Å². The van der Waals surface area contributed by atoms with Crippen LogP contribution in [0, 0.1) is 5.92 Å². The number of rotatable bonds is 5. The van der Waals surface area contributed by atoms with Gasteiger partial charge in [0.1, 0.15) is 5.78 Å². The monoisotopic (exact) mass is 223 g/mol. The zero-order chi connectivity index (χ0) is 11.4. The first-order chi connectivity index (χ1) is 7.81. The predicted octanol–water partition coefficient (Wildman–Crippen LogP) is 3.01. The third-order valence-corrected chi connectivity index (χ3v) is 4.27. The molecule has 1 heterocycles. The summed E-state index contributed by atoms with van der Waals surface area (Å²) in [6.07, 6.45) is 10.1. The average Bonchev–Trinajstić information content (AvgIpc) is 2.86. The van der Waals surface area contributed by atoms with Crippen LogP contribution in [0.1, 0.15) is 58.3 Å². The van der Waals surface area contributed by atoms with Gasteiger partial charge in [-0.05, 0) is 44.6 Å². The van der Waals surface area contributed by atoms with E-state index in [9.17, 15) is 4.79 Å². The Labute approximate surface area is 99.4 Å². The van der Waals surface area contributed by atoms with Crippen LogP contribution in [0.3, 0.4) is 0 Å². The van der Waals surface area contributed by atoms with Crippen molar-refractivity contribution in [2.24, 2.45) is 5.92 Å². The van der Waals surface area contributed by atoms with E-state index in [2.05, 4.69) is 11.8 Å². The van der Waals surface area contributed by atoms with E-state index in [4.69, 9.17) is 0 Å². The second-order valence-electron chi connectivity index (χ2n) is 5.51. The number of Topliss-reactive ketones (excluding diaryl/α,β-unsaturated/α-hetero) is 1. The molecule has 0 spiro atoms. The average molecular weight is 223 g/mol. The van der Waals surface area contributed by atoms with E-state index in [1.807, 2.05) is 0 Å². The van der Waals surface area contributed by atoms with Crippen LogP contribution in [0.25, 0.3) is 0 Å². The molecule has 1 aliphatic heterocycles. The Kier molecular flexibility index (Phi) is 4.39. The molecule has 1 saturated heterocycles. The summed E-state index contributed by atoms with van der Waals surface area (Å²) in [5, 5.41) is 0. The predicted molar refractivity (Wildman–Crippen MR) is 66.5 cm³/mol. The first-order valence-corrected chi connectivity index (χ1v) is 7.07. The molecule has 0 aromatic rings. The highest BCUT2D eigenvalue weighted by molar-refractivity contribution is 5.80. The summed E-state index contributed by atoms with van der Waals surface area (Å²) in [6.45, 7) is 3.99. The van der Waals surface area contributed by atoms with Gasteiger partial charge in [-0.25, -0.2) is 0 Å². The second-order valence-corrected chi connectivity index (χ2v) is 5.51. The molecule has 1 atom stereocenters. The SMILES string of the molecule is CCCC(=O)CN1CCCC1C1CCCC1. The molecular formula is C14H25NO. The molecule has 0 aromatic heterocycles. The number of nitrogens with zero attached hydrogens (tertiary/aromatic N) is 1. The fourth-order valence-electron chi connectivity index (χ4n) is 3.51. The number of carbonyl (C=O) groups is 1. The lowest BCUT2D eigenvalue weighted by Gasteiger charge is -2.28. The molecule has 1 unspecified atom stereocenters. The molecule has 2 nitrogen and oxygen atoms in total. The topological polar surface area (TPSA) is 20.3 Å². The molecule has 1 saturated carbocycles. The largest absolute Gasteiger partial charge is 0.298 e. The van der Waals surface area contributed by atoms with Gasteiger partial charge in [-0.3, -0.25) is 9.69 Å². The highest BCUT2D eigenvalue weighted by Crippen LogP contribution is 2.35. The van der Waals surface area contributed by atoms with Crippen LogP contribution in [0.4, 0.5) is 0 Å². The number of hydrogen-bond acceptors (Lipinski definition) is 2. The zero-order valence-corrected chi connectivity index (χ0v) is 10.6. The van der Waals surface area contributed by atoms with Crippen LogP contribution >= 0.6 is 0 Å². The van der Waals surface area contributed by atoms with Gasteiger partial charge in [0.2, 0.25) is 0 Å². The summed E-state index contributed by atoms with van der Waals surface area (Å²) in [5.74, 6) is 1.35. The van der Waals surface area contributed by atoms with Gasteiger partial charge in [-0.1, -0.05) is 19.8 Å². The molecule has 0 aromatic carbocycles. The van der Waals surface area contributed by atoms with E-state index >= 15 is 0 Å². The van der Waals surface area contributed by atoms with Crippen LogP contribution in [0.5, 0.6) is 0 Å². The number of ketones is 1. The second kappa shape index (κ2) is 5.81. The van der Waals surface area contributed by atoms with Crippen molar-refractivity contribution in [2.45, 2.75) is 64.3 Å². The summed E-state index contributed by atoms with van der Waals surface area (Å²) in [4.78, 5) is 14.2. The molecule has 2 rings (SSSR count). The van der Waals surface area contributed by atoms with Gasteiger partial charge in [0.05, 0.1) is 6.54 Å².